The van der Waals surface area contributed by atoms with Crippen LogP contribution in [0.15, 0.2) is 9.52 Å². The quantitative estimate of drug-likeness (QED) is 0.478. The highest BCUT2D eigenvalue weighted by Gasteiger charge is 2.76. The molecule has 15 heteroatoms. The van der Waals surface area contributed by atoms with E-state index < -0.39 is 29.8 Å². The molecular weight excluding hydrogens is 479 g/mol. The third kappa shape index (κ3) is 4.76. The highest BCUT2D eigenvalue weighted by atomic mass is 19.4. The van der Waals surface area contributed by atoms with Crippen LogP contribution in [-0.2, 0) is 11.2 Å². The molecule has 1 saturated heterocycles. The fraction of sp³-hybridized carbons (Fsp3) is 0.632. The summed E-state index contributed by atoms with van der Waals surface area (Å²) in [5.41, 5.74) is 4.20. The van der Waals surface area contributed by atoms with Crippen LogP contribution >= 0.6 is 0 Å². The van der Waals surface area contributed by atoms with Crippen molar-refractivity contribution in [2.24, 2.45) is 5.10 Å². The summed E-state index contributed by atoms with van der Waals surface area (Å²) in [5, 5.41) is 5.07. The van der Waals surface area contributed by atoms with Crippen LogP contribution < -0.4 is 10.9 Å². The lowest BCUT2D eigenvalue weighted by Gasteiger charge is -2.32. The van der Waals surface area contributed by atoms with E-state index in [0.29, 0.717) is 25.9 Å². The number of hydrogen-bond donors (Lipinski definition) is 2. The molecule has 1 aromatic rings. The van der Waals surface area contributed by atoms with Crippen molar-refractivity contribution in [3.8, 4) is 0 Å². The number of alkyl halides is 7. The van der Waals surface area contributed by atoms with E-state index in [-0.39, 0.29) is 34.8 Å². The normalized spacial score (nSPS) is 19.7. The van der Waals surface area contributed by atoms with E-state index in [9.17, 15) is 40.3 Å². The Bertz CT molecular complexity index is 982. The lowest BCUT2D eigenvalue weighted by Crippen LogP contribution is -2.58. The van der Waals surface area contributed by atoms with Gasteiger partial charge in [-0.15, -0.1) is 0 Å². The monoisotopic (exact) mass is 501 g/mol. The minimum atomic E-state index is -6.65. The number of nitrogens with one attached hydrogen (secondary N) is 2. The molecule has 34 heavy (non-hydrogen) atoms. The first-order chi connectivity index (χ1) is 15.7. The minimum Gasteiger partial charge on any atom is -0.455 e. The molecular formula is C19H22F7N5O3. The maximum absolute atomic E-state index is 13.5. The zero-order chi connectivity index (χ0) is 25.5. The average molecular weight is 501 g/mol. The maximum atomic E-state index is 13.5. The smallest absolute Gasteiger partial charge is 0.455 e. The van der Waals surface area contributed by atoms with Crippen LogP contribution in [0.2, 0.25) is 0 Å². The molecule has 0 bridgehead atoms. The fourth-order valence-electron chi connectivity index (χ4n) is 3.62. The molecule has 0 spiro atoms. The molecule has 1 aliphatic carbocycles. The van der Waals surface area contributed by atoms with E-state index in [1.165, 1.54) is 6.92 Å². The average Bonchev–Trinajstić information content (AvgIpc) is 3.10. The highest BCUT2D eigenvalue weighted by Crippen LogP contribution is 2.46. The van der Waals surface area contributed by atoms with Gasteiger partial charge >= 0.3 is 29.8 Å². The Labute approximate surface area is 189 Å². The molecule has 0 radical (unpaired) electrons. The van der Waals surface area contributed by atoms with Crippen LogP contribution in [0.1, 0.15) is 40.3 Å². The van der Waals surface area contributed by atoms with Gasteiger partial charge in [0.1, 0.15) is 5.76 Å². The largest absolute Gasteiger partial charge is 0.460 e. The Morgan fingerprint density at radius 1 is 1.00 bits per heavy atom. The number of rotatable bonds is 5. The van der Waals surface area contributed by atoms with Crippen molar-refractivity contribution >= 4 is 17.5 Å². The number of fused-ring (bicyclic) bond motifs is 1. The summed E-state index contributed by atoms with van der Waals surface area (Å²) in [6.07, 6.45) is -5.88. The number of hydrazine groups is 1. The van der Waals surface area contributed by atoms with Crippen LogP contribution in [0.3, 0.4) is 0 Å². The van der Waals surface area contributed by atoms with Gasteiger partial charge in [0.25, 0.3) is 0 Å². The van der Waals surface area contributed by atoms with Crippen molar-refractivity contribution in [2.75, 3.05) is 33.2 Å². The lowest BCUT2D eigenvalue weighted by atomic mass is 9.93. The Hall–Kier alpha value is -2.68. The maximum Gasteiger partial charge on any atom is 0.460 e. The Balaban J connectivity index is 1.79. The first-order valence-corrected chi connectivity index (χ1v) is 10.2. The number of halogens is 7. The van der Waals surface area contributed by atoms with Crippen molar-refractivity contribution in [3.63, 3.8) is 0 Å². The summed E-state index contributed by atoms with van der Waals surface area (Å²) in [5.74, 6) is -16.0. The van der Waals surface area contributed by atoms with Crippen LogP contribution in [0.5, 0.6) is 0 Å². The lowest BCUT2D eigenvalue weighted by molar-refractivity contribution is -0.344. The standard InChI is InChI=1S/C19H22F7N5O3/c1-10-13-11(27-28-16(33)17(20,21)18(22,23)19(24,25)26)4-3-5-12(13)34-14(10)15(32)29-31-8-6-30(2)7-9-31/h3-9H2,1-2H3,(H,28,33)(H,29,32)/b27-11+. The molecule has 2 heterocycles. The zero-order valence-corrected chi connectivity index (χ0v) is 18.2. The van der Waals surface area contributed by atoms with Crippen molar-refractivity contribution < 1.29 is 44.7 Å². The number of carbonyl (C=O) groups is 2. The molecule has 2 amide bonds. The van der Waals surface area contributed by atoms with E-state index in [1.54, 1.807) is 5.01 Å². The van der Waals surface area contributed by atoms with Gasteiger partial charge in [-0.05, 0) is 26.8 Å². The van der Waals surface area contributed by atoms with Gasteiger partial charge in [0.15, 0.2) is 5.76 Å². The molecule has 2 aliphatic rings. The van der Waals surface area contributed by atoms with E-state index >= 15 is 0 Å². The topological polar surface area (TPSA) is 90.2 Å². The number of carbonyl (C=O) groups excluding carboxylic acids is 2. The Kier molecular flexibility index (Phi) is 6.99. The van der Waals surface area contributed by atoms with Gasteiger partial charge in [-0.2, -0.15) is 35.8 Å². The number of furan rings is 1. The molecule has 0 saturated carbocycles. The number of amides is 2. The number of nitrogens with zero attached hydrogens (tertiary/aromatic N) is 3. The summed E-state index contributed by atoms with van der Waals surface area (Å²) < 4.78 is 95.8. The number of aryl methyl sites for hydroxylation is 1. The third-order valence-electron chi connectivity index (χ3n) is 5.62. The number of hydrogen-bond acceptors (Lipinski definition) is 6. The van der Waals surface area contributed by atoms with Crippen LogP contribution in [0.4, 0.5) is 30.7 Å². The first kappa shape index (κ1) is 25.9. The third-order valence-corrected chi connectivity index (χ3v) is 5.62. The van der Waals surface area contributed by atoms with Gasteiger partial charge in [0.05, 0.1) is 5.71 Å². The van der Waals surface area contributed by atoms with E-state index in [2.05, 4.69) is 15.4 Å². The first-order valence-electron chi connectivity index (χ1n) is 10.2. The van der Waals surface area contributed by atoms with E-state index in [4.69, 9.17) is 4.42 Å². The molecule has 3 rings (SSSR count). The van der Waals surface area contributed by atoms with Crippen LogP contribution in [-0.4, -0.2) is 78.7 Å². The Morgan fingerprint density at radius 3 is 2.21 bits per heavy atom. The zero-order valence-electron chi connectivity index (χ0n) is 18.2. The fourth-order valence-corrected chi connectivity index (χ4v) is 3.62. The summed E-state index contributed by atoms with van der Waals surface area (Å²) in [7, 11) is 1.93. The van der Waals surface area contributed by atoms with Crippen molar-refractivity contribution in [2.45, 2.75) is 44.2 Å². The summed E-state index contributed by atoms with van der Waals surface area (Å²) in [6, 6.07) is 0. The van der Waals surface area contributed by atoms with Crippen molar-refractivity contribution in [1.82, 2.24) is 20.8 Å². The summed E-state index contributed by atoms with van der Waals surface area (Å²) in [4.78, 5) is 26.3. The molecule has 0 unspecified atom stereocenters. The van der Waals surface area contributed by atoms with Crippen LogP contribution in [0.25, 0.3) is 0 Å². The summed E-state index contributed by atoms with van der Waals surface area (Å²) in [6.45, 7) is 4.07. The predicted octanol–water partition coefficient (Wildman–Crippen LogP) is 2.47. The Morgan fingerprint density at radius 2 is 1.62 bits per heavy atom. The van der Waals surface area contributed by atoms with Gasteiger partial charge in [-0.25, -0.2) is 10.4 Å². The SMILES string of the molecule is Cc1c(C(=O)NN2CCN(C)CC2)oc2c1/C(=N/NC(=O)C(F)(F)C(F)(F)C(F)(F)F)CCC2. The van der Waals surface area contributed by atoms with Gasteiger partial charge < -0.3 is 9.32 Å². The number of piperazine rings is 1. The van der Waals surface area contributed by atoms with Gasteiger partial charge in [-0.1, -0.05) is 0 Å². The molecule has 8 nitrogen and oxygen atoms in total. The van der Waals surface area contributed by atoms with Crippen LogP contribution in [0, 0.1) is 6.92 Å². The van der Waals surface area contributed by atoms with Gasteiger partial charge in [0, 0.05) is 43.7 Å². The second-order valence-corrected chi connectivity index (χ2v) is 8.09. The van der Waals surface area contributed by atoms with E-state index in [1.807, 2.05) is 7.05 Å². The molecule has 1 aromatic heterocycles. The van der Waals surface area contributed by atoms with Crippen molar-refractivity contribution in [1.29, 1.82) is 0 Å². The minimum absolute atomic E-state index is 0.0778. The second-order valence-electron chi connectivity index (χ2n) is 8.09. The summed E-state index contributed by atoms with van der Waals surface area (Å²) >= 11 is 0. The van der Waals surface area contributed by atoms with Crippen molar-refractivity contribution in [3.05, 3.63) is 22.6 Å². The van der Waals surface area contributed by atoms with E-state index in [0.717, 1.165) is 18.5 Å². The number of likely N-dealkylation sites (N-methyl/N-ethyl adjacent to an activating group) is 1. The number of hydrazone groups is 1. The molecule has 190 valence electrons. The van der Waals surface area contributed by atoms with Gasteiger partial charge in [-0.3, -0.25) is 15.0 Å². The second kappa shape index (κ2) is 9.17. The molecule has 0 aromatic carbocycles. The van der Waals surface area contributed by atoms with Gasteiger partial charge in [0.2, 0.25) is 0 Å². The predicted molar refractivity (Wildman–Crippen MR) is 104 cm³/mol. The molecule has 0 atom stereocenters. The molecule has 1 aliphatic heterocycles. The molecule has 2 N–H and O–H groups in total. The molecule has 1 fully saturated rings. The highest BCUT2D eigenvalue weighted by molar-refractivity contribution is 6.06.